The van der Waals surface area contributed by atoms with Crippen LogP contribution in [0.4, 0.5) is 0 Å². The smallest absolute Gasteiger partial charge is 0.391 e. The Morgan fingerprint density at radius 3 is 1.22 bits per heavy atom. The van der Waals surface area contributed by atoms with Crippen LogP contribution < -0.4 is 5.32 Å². The molecule has 0 aromatic carbocycles. The highest BCUT2D eigenvalue weighted by Gasteiger charge is 2.28. The highest BCUT2D eigenvalue weighted by molar-refractivity contribution is 7.47. The van der Waals surface area contributed by atoms with E-state index in [1.165, 1.54) is 167 Å². The first-order chi connectivity index (χ1) is 26.5. The topological polar surface area (TPSA) is 105 Å². The number of nitrogens with one attached hydrogen (secondary N) is 1. The van der Waals surface area contributed by atoms with E-state index >= 15 is 0 Å². The first-order valence-corrected chi connectivity index (χ1v) is 25.4. The monoisotopic (exact) mass is 804 g/mol. The lowest BCUT2D eigenvalue weighted by atomic mass is 10.0. The summed E-state index contributed by atoms with van der Waals surface area (Å²) in [6.45, 7) is 4.79. The predicted octanol–water partition coefficient (Wildman–Crippen LogP) is 13.4. The Bertz CT molecular complexity index is 870. The number of hydrogen-bond donors (Lipinski definition) is 3. The maximum absolute atomic E-state index is 12.6. The fourth-order valence-electron chi connectivity index (χ4n) is 7.28. The molecule has 0 spiro atoms. The first-order valence-electron chi connectivity index (χ1n) is 23.9. The molecule has 330 valence electrons. The number of carbonyl (C=O) groups is 1. The second kappa shape index (κ2) is 39.0. The van der Waals surface area contributed by atoms with Crippen LogP contribution in [0.25, 0.3) is 0 Å². The van der Waals surface area contributed by atoms with Crippen molar-refractivity contribution in [3.63, 3.8) is 0 Å². The first kappa shape index (κ1) is 54.5. The fraction of sp³-hybridized carbons (Fsp3) is 0.978. The van der Waals surface area contributed by atoms with Crippen LogP contribution in [0.5, 0.6) is 0 Å². The third-order valence-electron chi connectivity index (χ3n) is 11.1. The van der Waals surface area contributed by atoms with Crippen molar-refractivity contribution in [3.8, 4) is 0 Å². The summed E-state index contributed by atoms with van der Waals surface area (Å²) in [7, 11) is 1.62. The third kappa shape index (κ3) is 41.5. The molecular weight excluding hydrogens is 707 g/mol. The van der Waals surface area contributed by atoms with Crippen LogP contribution in [0.2, 0.25) is 0 Å². The second-order valence-electron chi connectivity index (χ2n) is 17.9. The molecule has 3 unspecified atom stereocenters. The van der Waals surface area contributed by atoms with Gasteiger partial charge in [-0.25, -0.2) is 4.57 Å². The van der Waals surface area contributed by atoms with Crippen LogP contribution in [-0.2, 0) is 18.4 Å². The molecule has 0 heterocycles. The molecule has 0 rings (SSSR count). The van der Waals surface area contributed by atoms with Gasteiger partial charge in [-0.05, 0) is 12.8 Å². The van der Waals surface area contributed by atoms with E-state index in [4.69, 9.17) is 9.05 Å². The zero-order valence-electron chi connectivity index (χ0n) is 37.4. The molecular formula is C46H96N2O6P+. The van der Waals surface area contributed by atoms with E-state index in [2.05, 4.69) is 19.2 Å². The van der Waals surface area contributed by atoms with E-state index in [9.17, 15) is 19.4 Å². The lowest BCUT2D eigenvalue weighted by molar-refractivity contribution is -0.870. The van der Waals surface area contributed by atoms with Crippen LogP contribution in [0, 0.1) is 0 Å². The van der Waals surface area contributed by atoms with E-state index < -0.39 is 20.0 Å². The number of aliphatic hydroxyl groups is 1. The van der Waals surface area contributed by atoms with Crippen molar-refractivity contribution in [2.45, 2.75) is 251 Å². The number of rotatable bonds is 44. The van der Waals surface area contributed by atoms with E-state index in [1.54, 1.807) is 0 Å². The van der Waals surface area contributed by atoms with Crippen molar-refractivity contribution in [2.75, 3.05) is 40.9 Å². The zero-order valence-corrected chi connectivity index (χ0v) is 38.3. The second-order valence-corrected chi connectivity index (χ2v) is 19.3. The summed E-state index contributed by atoms with van der Waals surface area (Å²) in [4.78, 5) is 22.8. The molecule has 9 heteroatoms. The summed E-state index contributed by atoms with van der Waals surface area (Å²) < 4.78 is 23.4. The van der Waals surface area contributed by atoms with Crippen LogP contribution in [0.15, 0.2) is 0 Å². The van der Waals surface area contributed by atoms with Crippen molar-refractivity contribution < 1.29 is 32.9 Å². The lowest BCUT2D eigenvalue weighted by Crippen LogP contribution is -2.46. The maximum Gasteiger partial charge on any atom is 0.472 e. The molecule has 0 aliphatic carbocycles. The van der Waals surface area contributed by atoms with Crippen LogP contribution in [0.1, 0.15) is 239 Å². The average molecular weight is 804 g/mol. The summed E-state index contributed by atoms with van der Waals surface area (Å²) in [5.41, 5.74) is 0. The summed E-state index contributed by atoms with van der Waals surface area (Å²) in [5.74, 6) is -0.159. The van der Waals surface area contributed by atoms with E-state index in [-0.39, 0.29) is 19.1 Å². The van der Waals surface area contributed by atoms with Crippen molar-refractivity contribution in [3.05, 3.63) is 0 Å². The molecule has 8 nitrogen and oxygen atoms in total. The SMILES string of the molecule is CCCCCCCCCCCCCCCCCCCCCCCCCCCCCCCC(O)C(COP(=O)(O)OCC[N+](C)(C)C)NC(=O)CCCCCC. The molecule has 3 N–H and O–H groups in total. The number of aliphatic hydroxyl groups excluding tert-OH is 1. The van der Waals surface area contributed by atoms with Gasteiger partial charge in [0.05, 0.1) is 39.9 Å². The predicted molar refractivity (Wildman–Crippen MR) is 236 cm³/mol. The molecule has 55 heavy (non-hydrogen) atoms. The molecule has 3 atom stereocenters. The van der Waals surface area contributed by atoms with Gasteiger partial charge in [0.25, 0.3) is 0 Å². The number of phosphoric ester groups is 1. The van der Waals surface area contributed by atoms with Crippen molar-refractivity contribution in [2.24, 2.45) is 0 Å². The molecule has 0 aromatic heterocycles. The Labute approximate surface area is 342 Å². The Morgan fingerprint density at radius 2 is 0.873 bits per heavy atom. The number of hydrogen-bond acceptors (Lipinski definition) is 5. The van der Waals surface area contributed by atoms with Gasteiger partial charge < -0.3 is 19.8 Å². The number of nitrogens with zero attached hydrogens (tertiary/aromatic N) is 1. The Balaban J connectivity index is 3.82. The van der Waals surface area contributed by atoms with E-state index in [0.717, 1.165) is 44.9 Å². The third-order valence-corrected chi connectivity index (χ3v) is 12.1. The molecule has 0 saturated heterocycles. The van der Waals surface area contributed by atoms with Crippen molar-refractivity contribution in [1.29, 1.82) is 0 Å². The quantitative estimate of drug-likeness (QED) is 0.0322. The molecule has 0 radical (unpaired) electrons. The van der Waals surface area contributed by atoms with Gasteiger partial charge in [-0.1, -0.05) is 219 Å². The standard InChI is InChI=1S/C46H95N2O6P/c1-6-8-10-12-13-14-15-16-17-18-19-20-21-22-23-24-25-26-27-28-29-30-31-32-33-34-35-36-37-39-45(49)44(47-46(50)40-38-11-9-7-2)43-54-55(51,52)53-42-41-48(3,4)5/h44-45,49H,6-43H2,1-5H3,(H-,47,50,51,52)/p+1. The zero-order chi connectivity index (χ0) is 40.7. The number of amides is 1. The van der Waals surface area contributed by atoms with Gasteiger partial charge in [0.2, 0.25) is 5.91 Å². The van der Waals surface area contributed by atoms with Gasteiger partial charge in [0.1, 0.15) is 13.2 Å². The summed E-state index contributed by atoms with van der Waals surface area (Å²) >= 11 is 0. The summed E-state index contributed by atoms with van der Waals surface area (Å²) in [5, 5.41) is 13.8. The molecule has 0 bridgehead atoms. The molecule has 0 saturated carbocycles. The van der Waals surface area contributed by atoms with Crippen LogP contribution >= 0.6 is 7.82 Å². The largest absolute Gasteiger partial charge is 0.472 e. The maximum atomic E-state index is 12.6. The highest BCUT2D eigenvalue weighted by Crippen LogP contribution is 2.43. The van der Waals surface area contributed by atoms with E-state index in [1.807, 2.05) is 21.1 Å². The Morgan fingerprint density at radius 1 is 0.545 bits per heavy atom. The van der Waals surface area contributed by atoms with Gasteiger partial charge in [0.15, 0.2) is 0 Å². The minimum absolute atomic E-state index is 0.0773. The molecule has 0 aliphatic heterocycles. The average Bonchev–Trinajstić information content (AvgIpc) is 3.13. The minimum Gasteiger partial charge on any atom is -0.391 e. The number of unbranched alkanes of at least 4 members (excludes halogenated alkanes) is 31. The number of likely N-dealkylation sites (N-methyl/N-ethyl adjacent to an activating group) is 1. The number of quaternary nitrogens is 1. The van der Waals surface area contributed by atoms with Gasteiger partial charge >= 0.3 is 7.82 Å². The fourth-order valence-corrected chi connectivity index (χ4v) is 8.02. The summed E-state index contributed by atoms with van der Waals surface area (Å²) in [6, 6.07) is -0.750. The number of phosphoric acid groups is 1. The highest BCUT2D eigenvalue weighted by atomic mass is 31.2. The van der Waals surface area contributed by atoms with Crippen molar-refractivity contribution in [1.82, 2.24) is 5.32 Å². The van der Waals surface area contributed by atoms with Crippen molar-refractivity contribution >= 4 is 13.7 Å². The summed E-state index contributed by atoms with van der Waals surface area (Å²) in [6.07, 6.45) is 43.6. The van der Waals surface area contributed by atoms with Gasteiger partial charge in [-0.2, -0.15) is 0 Å². The van der Waals surface area contributed by atoms with Crippen LogP contribution in [0.3, 0.4) is 0 Å². The van der Waals surface area contributed by atoms with Gasteiger partial charge in [0, 0.05) is 6.42 Å². The Hall–Kier alpha value is -0.500. The number of carbonyl (C=O) groups excluding carboxylic acids is 1. The lowest BCUT2D eigenvalue weighted by Gasteiger charge is -2.26. The molecule has 0 aromatic rings. The van der Waals surface area contributed by atoms with Gasteiger partial charge in [-0.3, -0.25) is 13.8 Å². The molecule has 0 aliphatic rings. The van der Waals surface area contributed by atoms with Gasteiger partial charge in [-0.15, -0.1) is 0 Å². The molecule has 1 amide bonds. The Kier molecular flexibility index (Phi) is 38.6. The van der Waals surface area contributed by atoms with Crippen LogP contribution in [-0.4, -0.2) is 73.4 Å². The minimum atomic E-state index is -4.29. The normalized spacial score (nSPS) is 14.2. The van der Waals surface area contributed by atoms with E-state index in [0.29, 0.717) is 23.9 Å². The molecule has 0 fully saturated rings.